The molecule has 2 aromatic rings. The highest BCUT2D eigenvalue weighted by Crippen LogP contribution is 2.23. The van der Waals surface area contributed by atoms with Gasteiger partial charge in [0.1, 0.15) is 0 Å². The molecular formula is C21H27N3O3. The van der Waals surface area contributed by atoms with Gasteiger partial charge in [0.2, 0.25) is 5.91 Å². The van der Waals surface area contributed by atoms with Crippen LogP contribution in [0.25, 0.3) is 0 Å². The molecule has 1 amide bonds. The van der Waals surface area contributed by atoms with Crippen LogP contribution in [0, 0.1) is 19.8 Å². The lowest BCUT2D eigenvalue weighted by molar-refractivity contribution is -0.130. The number of hydrogen-bond acceptors (Lipinski definition) is 3. The molecule has 6 heteroatoms. The molecule has 27 heavy (non-hydrogen) atoms. The molecule has 0 bridgehead atoms. The van der Waals surface area contributed by atoms with Crippen molar-refractivity contribution < 1.29 is 14.7 Å². The first-order valence-corrected chi connectivity index (χ1v) is 9.44. The third-order valence-electron chi connectivity index (χ3n) is 5.58. The molecule has 1 aliphatic heterocycles. The van der Waals surface area contributed by atoms with Crippen LogP contribution in [-0.2, 0) is 24.7 Å². The summed E-state index contributed by atoms with van der Waals surface area (Å²) >= 11 is 0. The van der Waals surface area contributed by atoms with Gasteiger partial charge in [-0.1, -0.05) is 12.1 Å². The summed E-state index contributed by atoms with van der Waals surface area (Å²) < 4.78 is 1.87. The summed E-state index contributed by atoms with van der Waals surface area (Å²) in [6, 6.07) is 7.10. The van der Waals surface area contributed by atoms with Crippen molar-refractivity contribution >= 4 is 11.9 Å². The number of benzene rings is 1. The predicted octanol–water partition coefficient (Wildman–Crippen LogP) is 2.76. The van der Waals surface area contributed by atoms with E-state index in [9.17, 15) is 9.59 Å². The fourth-order valence-corrected chi connectivity index (χ4v) is 3.96. The standard InChI is InChI=1S/C21H27N3O3/c1-14-19(15(2)23(3)22-14)7-8-20(25)24-10-9-17(13-24)11-16-5-4-6-18(12-16)21(26)27/h4-6,12,17H,7-11,13H2,1-3H3,(H,26,27)/t17-/m0/s1. The Hall–Kier alpha value is -2.63. The maximum absolute atomic E-state index is 12.6. The van der Waals surface area contributed by atoms with Gasteiger partial charge >= 0.3 is 5.97 Å². The van der Waals surface area contributed by atoms with E-state index in [1.807, 2.05) is 36.5 Å². The summed E-state index contributed by atoms with van der Waals surface area (Å²) in [5, 5.41) is 13.5. The van der Waals surface area contributed by atoms with E-state index in [1.165, 1.54) is 5.56 Å². The fourth-order valence-electron chi connectivity index (χ4n) is 3.96. The maximum atomic E-state index is 12.6. The van der Waals surface area contributed by atoms with Gasteiger partial charge in [-0.3, -0.25) is 9.48 Å². The second kappa shape index (κ2) is 7.94. The zero-order valence-electron chi connectivity index (χ0n) is 16.2. The minimum Gasteiger partial charge on any atom is -0.478 e. The summed E-state index contributed by atoms with van der Waals surface area (Å²) in [6.45, 7) is 5.56. The Morgan fingerprint density at radius 2 is 2.07 bits per heavy atom. The van der Waals surface area contributed by atoms with Gasteiger partial charge in [-0.05, 0) is 62.3 Å². The Morgan fingerprint density at radius 3 is 2.74 bits per heavy atom. The van der Waals surface area contributed by atoms with Gasteiger partial charge in [0.25, 0.3) is 0 Å². The van der Waals surface area contributed by atoms with Gasteiger partial charge in [0, 0.05) is 32.3 Å². The molecule has 3 rings (SSSR count). The van der Waals surface area contributed by atoms with Crippen molar-refractivity contribution in [1.29, 1.82) is 0 Å². The first kappa shape index (κ1) is 19.1. The Morgan fingerprint density at radius 1 is 1.30 bits per heavy atom. The molecule has 0 saturated carbocycles. The van der Waals surface area contributed by atoms with Crippen molar-refractivity contribution in [3.05, 3.63) is 52.3 Å². The van der Waals surface area contributed by atoms with Gasteiger partial charge < -0.3 is 10.0 Å². The number of amides is 1. The Labute approximate surface area is 159 Å². The molecule has 1 saturated heterocycles. The van der Waals surface area contributed by atoms with E-state index < -0.39 is 5.97 Å². The molecule has 1 aliphatic rings. The van der Waals surface area contributed by atoms with Gasteiger partial charge in [0.05, 0.1) is 11.3 Å². The van der Waals surface area contributed by atoms with Crippen molar-refractivity contribution in [3.8, 4) is 0 Å². The van der Waals surface area contributed by atoms with Gasteiger partial charge in [-0.2, -0.15) is 5.10 Å². The van der Waals surface area contributed by atoms with Crippen LogP contribution in [0.2, 0.25) is 0 Å². The minimum atomic E-state index is -0.902. The fraction of sp³-hybridized carbons (Fsp3) is 0.476. The molecule has 0 aliphatic carbocycles. The number of nitrogens with zero attached hydrogens (tertiary/aromatic N) is 3. The first-order chi connectivity index (χ1) is 12.8. The highest BCUT2D eigenvalue weighted by Gasteiger charge is 2.26. The van der Waals surface area contributed by atoms with Crippen LogP contribution in [0.5, 0.6) is 0 Å². The number of likely N-dealkylation sites (tertiary alicyclic amines) is 1. The molecule has 6 nitrogen and oxygen atoms in total. The highest BCUT2D eigenvalue weighted by molar-refractivity contribution is 5.87. The smallest absolute Gasteiger partial charge is 0.335 e. The van der Waals surface area contributed by atoms with Crippen LogP contribution in [0.15, 0.2) is 24.3 Å². The number of aromatic carboxylic acids is 1. The van der Waals surface area contributed by atoms with Crippen LogP contribution >= 0.6 is 0 Å². The van der Waals surface area contributed by atoms with E-state index in [-0.39, 0.29) is 5.91 Å². The highest BCUT2D eigenvalue weighted by atomic mass is 16.4. The molecule has 0 unspecified atom stereocenters. The average Bonchev–Trinajstić information content (AvgIpc) is 3.18. The normalized spacial score (nSPS) is 16.7. The van der Waals surface area contributed by atoms with Crippen LogP contribution in [-0.4, -0.2) is 44.8 Å². The number of aryl methyl sites for hydroxylation is 2. The molecule has 1 atom stereocenters. The summed E-state index contributed by atoms with van der Waals surface area (Å²) in [6.07, 6.45) is 3.01. The van der Waals surface area contributed by atoms with E-state index >= 15 is 0 Å². The molecular weight excluding hydrogens is 342 g/mol. The third kappa shape index (κ3) is 4.38. The first-order valence-electron chi connectivity index (χ1n) is 9.44. The zero-order valence-corrected chi connectivity index (χ0v) is 16.2. The van der Waals surface area contributed by atoms with Crippen LogP contribution < -0.4 is 0 Å². The lowest BCUT2D eigenvalue weighted by Gasteiger charge is -2.17. The number of aromatic nitrogens is 2. The van der Waals surface area contributed by atoms with E-state index in [0.29, 0.717) is 17.9 Å². The summed E-state index contributed by atoms with van der Waals surface area (Å²) in [5.41, 5.74) is 4.64. The van der Waals surface area contributed by atoms with E-state index in [2.05, 4.69) is 5.10 Å². The number of rotatable bonds is 6. The van der Waals surface area contributed by atoms with Crippen molar-refractivity contribution in [3.63, 3.8) is 0 Å². The number of carbonyl (C=O) groups is 2. The minimum absolute atomic E-state index is 0.194. The van der Waals surface area contributed by atoms with Crippen LogP contribution in [0.3, 0.4) is 0 Å². The number of hydrogen-bond donors (Lipinski definition) is 1. The lowest BCUT2D eigenvalue weighted by Crippen LogP contribution is -2.29. The van der Waals surface area contributed by atoms with Crippen molar-refractivity contribution in [2.75, 3.05) is 13.1 Å². The summed E-state index contributed by atoms with van der Waals surface area (Å²) in [4.78, 5) is 25.7. The zero-order chi connectivity index (χ0) is 19.6. The lowest BCUT2D eigenvalue weighted by atomic mass is 9.97. The van der Waals surface area contributed by atoms with E-state index in [0.717, 1.165) is 49.3 Å². The largest absolute Gasteiger partial charge is 0.478 e. The Bertz CT molecular complexity index is 856. The molecule has 1 aromatic carbocycles. The average molecular weight is 369 g/mol. The van der Waals surface area contributed by atoms with E-state index in [4.69, 9.17) is 5.11 Å². The molecule has 1 fully saturated rings. The van der Waals surface area contributed by atoms with E-state index in [1.54, 1.807) is 18.2 Å². The monoisotopic (exact) mass is 369 g/mol. The quantitative estimate of drug-likeness (QED) is 0.849. The van der Waals surface area contributed by atoms with Crippen LogP contribution in [0.4, 0.5) is 0 Å². The number of carbonyl (C=O) groups excluding carboxylic acids is 1. The molecule has 1 N–H and O–H groups in total. The summed E-state index contributed by atoms with van der Waals surface area (Å²) in [7, 11) is 1.93. The molecule has 2 heterocycles. The Kier molecular flexibility index (Phi) is 5.63. The molecule has 0 spiro atoms. The number of carboxylic acids is 1. The third-order valence-corrected chi connectivity index (χ3v) is 5.58. The molecule has 0 radical (unpaired) electrons. The SMILES string of the molecule is Cc1nn(C)c(C)c1CCC(=O)N1CC[C@@H](Cc2cccc(C(=O)O)c2)C1. The van der Waals surface area contributed by atoms with Crippen LogP contribution in [0.1, 0.15) is 45.7 Å². The van der Waals surface area contributed by atoms with Gasteiger partial charge in [-0.25, -0.2) is 4.79 Å². The maximum Gasteiger partial charge on any atom is 0.335 e. The van der Waals surface area contributed by atoms with Crippen molar-refractivity contribution in [2.45, 2.75) is 39.5 Å². The molecule has 144 valence electrons. The van der Waals surface area contributed by atoms with Crippen molar-refractivity contribution in [2.24, 2.45) is 13.0 Å². The summed E-state index contributed by atoms with van der Waals surface area (Å²) in [5.74, 6) is -0.319. The second-order valence-electron chi connectivity index (χ2n) is 7.48. The Balaban J connectivity index is 1.53. The number of carboxylic acid groups (broad SMARTS) is 1. The van der Waals surface area contributed by atoms with Crippen molar-refractivity contribution in [1.82, 2.24) is 14.7 Å². The van der Waals surface area contributed by atoms with Gasteiger partial charge in [0.15, 0.2) is 0 Å². The predicted molar refractivity (Wildman–Crippen MR) is 103 cm³/mol. The molecule has 1 aromatic heterocycles. The topological polar surface area (TPSA) is 75.4 Å². The second-order valence-corrected chi connectivity index (χ2v) is 7.48. The van der Waals surface area contributed by atoms with Gasteiger partial charge in [-0.15, -0.1) is 0 Å².